The van der Waals surface area contributed by atoms with E-state index in [-0.39, 0.29) is 11.9 Å². The number of rotatable bonds is 4. The van der Waals surface area contributed by atoms with Crippen LogP contribution in [0.25, 0.3) is 10.9 Å². The van der Waals surface area contributed by atoms with E-state index in [1.54, 1.807) is 24.3 Å². The molecule has 1 aliphatic carbocycles. The number of aromatic amines is 1. The lowest BCUT2D eigenvalue weighted by Crippen LogP contribution is -2.78. The zero-order valence-electron chi connectivity index (χ0n) is 14.4. The van der Waals surface area contributed by atoms with Crippen LogP contribution in [0.3, 0.4) is 0 Å². The van der Waals surface area contributed by atoms with Gasteiger partial charge < -0.3 is 46.3 Å². The van der Waals surface area contributed by atoms with Crippen LogP contribution in [-0.4, -0.2) is 74.2 Å². The van der Waals surface area contributed by atoms with E-state index in [9.17, 15) is 40.1 Å². The Bertz CT molecular complexity index is 942. The quantitative estimate of drug-likeness (QED) is 0.143. The molecule has 1 saturated carbocycles. The molecule has 12 nitrogen and oxygen atoms in total. The van der Waals surface area contributed by atoms with E-state index in [0.717, 1.165) is 0 Å². The minimum Gasteiger partial charge on any atom is -0.402 e. The van der Waals surface area contributed by atoms with Crippen molar-refractivity contribution in [2.24, 2.45) is 0 Å². The molecule has 1 unspecified atom stereocenters. The minimum atomic E-state index is -5.28. The molecule has 0 bridgehead atoms. The topological polar surface area (TPSA) is 228 Å². The van der Waals surface area contributed by atoms with Crippen molar-refractivity contribution in [3.8, 4) is 5.75 Å². The number of fused-ring (bicyclic) bond motifs is 1. The van der Waals surface area contributed by atoms with E-state index in [0.29, 0.717) is 10.9 Å². The predicted octanol–water partition coefficient (Wildman–Crippen LogP) is -0.379. The summed E-state index contributed by atoms with van der Waals surface area (Å²) in [5.74, 6) is -3.64. The fourth-order valence-corrected chi connectivity index (χ4v) is 4.62. The number of benzene rings is 1. The van der Waals surface area contributed by atoms with Crippen LogP contribution < -0.4 is 10.7 Å². The Labute approximate surface area is 176 Å². The number of para-hydroxylation sites is 1. The summed E-state index contributed by atoms with van der Waals surface area (Å²) in [6.07, 6.45) is -6.65. The summed E-state index contributed by atoms with van der Waals surface area (Å²) in [6.45, 7) is 0. The van der Waals surface area contributed by atoms with Gasteiger partial charge in [-0.1, -0.05) is 23.7 Å². The number of aromatic nitrogens is 1. The number of halogens is 2. The molecule has 0 radical (unpaired) electrons. The number of phosphoric ester groups is 1. The second-order valence-electron chi connectivity index (χ2n) is 6.24. The summed E-state index contributed by atoms with van der Waals surface area (Å²) in [7, 11) is -5.28. The Morgan fingerprint density at radius 3 is 2.34 bits per heavy atom. The third-order valence-corrected chi connectivity index (χ3v) is 7.12. The first-order chi connectivity index (χ1) is 12.7. The van der Waals surface area contributed by atoms with Crippen molar-refractivity contribution in [1.82, 2.24) is 11.1 Å². The maximum absolute atomic E-state index is 12.4. The molecule has 11 N–H and O–H groups in total. The van der Waals surface area contributed by atoms with Crippen molar-refractivity contribution in [2.45, 2.75) is 33.7 Å². The molecule has 1 heterocycles. The van der Waals surface area contributed by atoms with E-state index >= 15 is 0 Å². The van der Waals surface area contributed by atoms with Crippen molar-refractivity contribution in [3.05, 3.63) is 30.5 Å². The fraction of sp³-hybridized carbons (Fsp3) is 0.429. The molecule has 0 saturated heterocycles. The molecule has 1 fully saturated rings. The third kappa shape index (κ3) is 3.82. The zero-order chi connectivity index (χ0) is 21.1. The first kappa shape index (κ1) is 24.5. The van der Waals surface area contributed by atoms with Crippen molar-refractivity contribution in [2.75, 3.05) is 0 Å². The van der Waals surface area contributed by atoms with Crippen LogP contribution in [0.2, 0.25) is 0 Å². The maximum Gasteiger partial charge on any atom is 0.530 e. The highest BCUT2D eigenvalue weighted by molar-refractivity contribution is 9.10. The van der Waals surface area contributed by atoms with Gasteiger partial charge in [-0.15, -0.1) is 0 Å². The smallest absolute Gasteiger partial charge is 0.402 e. The Morgan fingerprint density at radius 2 is 1.72 bits per heavy atom. The molecule has 0 spiro atoms. The Kier molecular flexibility index (Phi) is 6.51. The Morgan fingerprint density at radius 1 is 1.14 bits per heavy atom. The van der Waals surface area contributed by atoms with Crippen LogP contribution >= 0.6 is 35.4 Å². The highest BCUT2D eigenvalue weighted by Gasteiger charge is 2.73. The monoisotopic (exact) mass is 520 g/mol. The summed E-state index contributed by atoms with van der Waals surface area (Å²) in [4.78, 5) is 12.8. The largest absolute Gasteiger partial charge is 0.530 e. The van der Waals surface area contributed by atoms with E-state index in [1.807, 2.05) is 0 Å². The lowest BCUT2D eigenvalue weighted by molar-refractivity contribution is -0.350. The first-order valence-corrected chi connectivity index (χ1v) is 10.3. The van der Waals surface area contributed by atoms with Gasteiger partial charge in [0, 0.05) is 17.1 Å². The van der Waals surface area contributed by atoms with Gasteiger partial charge in [0.2, 0.25) is 10.8 Å². The average Bonchev–Trinajstić information content (AvgIpc) is 3.00. The standard InChI is InChI=1S/C14H16BrClNO10P.H3N/c15-13(22)11(20)12(21,9(18)10(19)14(13,16)23)27-28(24,25)26-8-5-17-7-4-2-1-3-6(7)8;/h1-5,9-11,17-23H,(H,24,25);1H3/t9-,10+,11+,12-,13-,14-;/m0./s1. The molecule has 1 aromatic heterocycles. The predicted molar refractivity (Wildman–Crippen MR) is 103 cm³/mol. The van der Waals surface area contributed by atoms with Crippen LogP contribution in [0, 0.1) is 0 Å². The van der Waals surface area contributed by atoms with Crippen molar-refractivity contribution in [1.29, 1.82) is 0 Å². The molecule has 3 rings (SSSR count). The average molecular weight is 522 g/mol. The summed E-state index contributed by atoms with van der Waals surface area (Å²) >= 11 is 7.96. The molecule has 1 aromatic carbocycles. The van der Waals surface area contributed by atoms with Gasteiger partial charge in [-0.25, -0.2) is 9.09 Å². The van der Waals surface area contributed by atoms with Crippen LogP contribution in [-0.2, 0) is 9.09 Å². The molecule has 0 amide bonds. The van der Waals surface area contributed by atoms with Gasteiger partial charge in [-0.3, -0.25) is 4.89 Å². The van der Waals surface area contributed by atoms with Gasteiger partial charge in [0.05, 0.1) is 0 Å². The van der Waals surface area contributed by atoms with Crippen molar-refractivity contribution < 1.29 is 49.1 Å². The molecule has 29 heavy (non-hydrogen) atoms. The molecule has 0 aliphatic heterocycles. The summed E-state index contributed by atoms with van der Waals surface area (Å²) < 4.78 is 18.7. The Hall–Kier alpha value is -0.800. The number of aliphatic hydroxyl groups is 6. The van der Waals surface area contributed by atoms with E-state index in [2.05, 4.69) is 25.4 Å². The summed E-state index contributed by atoms with van der Waals surface area (Å²) in [5.41, 5.74) is 0.548. The number of phosphoric acid groups is 1. The van der Waals surface area contributed by atoms with Crippen LogP contribution in [0.15, 0.2) is 30.5 Å². The maximum atomic E-state index is 12.4. The van der Waals surface area contributed by atoms with E-state index in [1.165, 1.54) is 6.20 Å². The van der Waals surface area contributed by atoms with E-state index in [4.69, 9.17) is 16.1 Å². The van der Waals surface area contributed by atoms with Gasteiger partial charge in [-0.05, 0) is 28.1 Å². The SMILES string of the molecule is N.O=P(O)(Oc1c[nH]c2ccccc12)O[C@]1(O)[C@@H](O)[C@@](O)(Br)[C@](O)(Cl)[C@H](O)[C@@H]1O. The van der Waals surface area contributed by atoms with Crippen LogP contribution in [0.1, 0.15) is 0 Å². The Balaban J connectivity index is 0.00000300. The lowest BCUT2D eigenvalue weighted by atomic mass is 9.81. The number of H-pyrrole nitrogens is 1. The van der Waals surface area contributed by atoms with Crippen molar-refractivity contribution >= 4 is 46.3 Å². The molecular weight excluding hydrogens is 502 g/mol. The molecule has 164 valence electrons. The van der Waals surface area contributed by atoms with Crippen LogP contribution in [0.5, 0.6) is 5.75 Å². The minimum absolute atomic E-state index is 0. The van der Waals surface area contributed by atoms with Crippen LogP contribution in [0.4, 0.5) is 0 Å². The second kappa shape index (κ2) is 7.71. The summed E-state index contributed by atoms with van der Waals surface area (Å²) in [5, 5.41) is 57.9. The second-order valence-corrected chi connectivity index (χ2v) is 9.33. The number of hydrogen-bond acceptors (Lipinski definition) is 10. The molecule has 15 heteroatoms. The van der Waals surface area contributed by atoms with Gasteiger partial charge >= 0.3 is 7.82 Å². The van der Waals surface area contributed by atoms with Gasteiger partial charge in [0.15, 0.2) is 16.4 Å². The van der Waals surface area contributed by atoms with E-state index < -0.39 is 41.5 Å². The molecule has 2 aromatic rings. The highest BCUT2D eigenvalue weighted by atomic mass is 79.9. The van der Waals surface area contributed by atoms with Gasteiger partial charge in [-0.2, -0.15) is 0 Å². The summed E-state index contributed by atoms with van der Waals surface area (Å²) in [6, 6.07) is 6.52. The fourth-order valence-electron chi connectivity index (χ4n) is 2.82. The molecule has 1 aliphatic rings. The van der Waals surface area contributed by atoms with Gasteiger partial charge in [0.1, 0.15) is 12.2 Å². The van der Waals surface area contributed by atoms with Gasteiger partial charge in [0.25, 0.3) is 0 Å². The lowest BCUT2D eigenvalue weighted by Gasteiger charge is -2.53. The normalized spacial score (nSPS) is 39.6. The highest BCUT2D eigenvalue weighted by Crippen LogP contribution is 2.55. The van der Waals surface area contributed by atoms with Crippen molar-refractivity contribution in [3.63, 3.8) is 0 Å². The number of nitrogens with one attached hydrogen (secondary N) is 1. The first-order valence-electron chi connectivity index (χ1n) is 7.62. The third-order valence-electron chi connectivity index (χ3n) is 4.39. The number of alkyl halides is 2. The molecular formula is C14H19BrClN2O10P. The molecule has 7 atom stereocenters. The number of aliphatic hydroxyl groups excluding tert-OH is 3. The number of hydrogen-bond donors (Lipinski definition) is 9. The zero-order valence-corrected chi connectivity index (χ0v) is 17.6.